The molecular weight excluding hydrogens is 282 g/mol. The van der Waals surface area contributed by atoms with Crippen molar-refractivity contribution in [1.29, 1.82) is 0 Å². The van der Waals surface area contributed by atoms with Crippen LogP contribution < -0.4 is 0 Å². The van der Waals surface area contributed by atoms with Gasteiger partial charge in [0, 0.05) is 11.6 Å². The molecule has 0 aromatic heterocycles. The van der Waals surface area contributed by atoms with Gasteiger partial charge in [-0.15, -0.1) is 0 Å². The molecule has 1 unspecified atom stereocenters. The van der Waals surface area contributed by atoms with Gasteiger partial charge in [0.15, 0.2) is 0 Å². The zero-order valence-electron chi connectivity index (χ0n) is 13.7. The molecule has 1 rings (SSSR count). The van der Waals surface area contributed by atoms with Crippen molar-refractivity contribution in [3.05, 3.63) is 34.3 Å². The van der Waals surface area contributed by atoms with Gasteiger partial charge in [-0.2, -0.15) is 0 Å². The van der Waals surface area contributed by atoms with Gasteiger partial charge in [-0.25, -0.2) is 0 Å². The van der Waals surface area contributed by atoms with Crippen LogP contribution in [0.25, 0.3) is 0 Å². The minimum atomic E-state index is -0.397. The molecule has 0 aliphatic heterocycles. The Morgan fingerprint density at radius 3 is 2.24 bits per heavy atom. The van der Waals surface area contributed by atoms with E-state index in [1.165, 1.54) is 25.7 Å². The van der Waals surface area contributed by atoms with E-state index in [4.69, 9.17) is 11.6 Å². The highest BCUT2D eigenvalue weighted by molar-refractivity contribution is 6.31. The fourth-order valence-corrected chi connectivity index (χ4v) is 2.56. The smallest absolute Gasteiger partial charge is 0.0802 e. The van der Waals surface area contributed by atoms with Crippen LogP contribution in [0.15, 0.2) is 18.2 Å². The van der Waals surface area contributed by atoms with Gasteiger partial charge in [-0.1, -0.05) is 50.4 Å². The lowest BCUT2D eigenvalue weighted by Crippen LogP contribution is -2.28. The second kappa shape index (κ2) is 10.2. The number of aryl methyl sites for hydroxylation is 1. The molecule has 120 valence electrons. The van der Waals surface area contributed by atoms with Crippen LogP contribution in [-0.2, 0) is 0 Å². The van der Waals surface area contributed by atoms with E-state index in [2.05, 4.69) is 18.7 Å². The predicted octanol–water partition coefficient (Wildman–Crippen LogP) is 4.97. The predicted molar refractivity (Wildman–Crippen MR) is 92.0 cm³/mol. The Kier molecular flexibility index (Phi) is 8.98. The normalized spacial score (nSPS) is 12.9. The van der Waals surface area contributed by atoms with Gasteiger partial charge < -0.3 is 10.0 Å². The first-order chi connectivity index (χ1) is 10.1. The van der Waals surface area contributed by atoms with Crippen LogP contribution in [0.3, 0.4) is 0 Å². The number of rotatable bonds is 10. The molecule has 0 radical (unpaired) electrons. The van der Waals surface area contributed by atoms with Crippen LogP contribution >= 0.6 is 11.6 Å². The van der Waals surface area contributed by atoms with E-state index in [0.717, 1.165) is 42.2 Å². The molecule has 0 fully saturated rings. The van der Waals surface area contributed by atoms with Crippen molar-refractivity contribution in [3.63, 3.8) is 0 Å². The largest absolute Gasteiger partial charge is 0.388 e. The SMILES string of the molecule is CCCCN(CCCC)CCC(O)c1ccc(Cl)c(C)c1. The summed E-state index contributed by atoms with van der Waals surface area (Å²) < 4.78 is 0. The third-order valence-corrected chi connectivity index (χ3v) is 4.37. The standard InChI is InChI=1S/C18H30ClNO/c1-4-6-11-20(12-7-5-2)13-10-18(21)16-8-9-17(19)15(3)14-16/h8-9,14,18,21H,4-7,10-13H2,1-3H3. The van der Waals surface area contributed by atoms with Gasteiger partial charge in [0.25, 0.3) is 0 Å². The highest BCUT2D eigenvalue weighted by Gasteiger charge is 2.11. The minimum absolute atomic E-state index is 0.397. The molecule has 0 bridgehead atoms. The van der Waals surface area contributed by atoms with Crippen LogP contribution in [-0.4, -0.2) is 29.6 Å². The second-order valence-corrected chi connectivity index (χ2v) is 6.27. The number of hydrogen-bond donors (Lipinski definition) is 1. The van der Waals surface area contributed by atoms with Crippen molar-refractivity contribution in [3.8, 4) is 0 Å². The highest BCUT2D eigenvalue weighted by Crippen LogP contribution is 2.23. The zero-order valence-corrected chi connectivity index (χ0v) is 14.5. The molecule has 0 saturated heterocycles. The average molecular weight is 312 g/mol. The van der Waals surface area contributed by atoms with Gasteiger partial charge in [-0.3, -0.25) is 0 Å². The fraction of sp³-hybridized carbons (Fsp3) is 0.667. The number of unbranched alkanes of at least 4 members (excludes halogenated alkanes) is 2. The fourth-order valence-electron chi connectivity index (χ4n) is 2.45. The summed E-state index contributed by atoms with van der Waals surface area (Å²) in [6.07, 6.45) is 5.31. The highest BCUT2D eigenvalue weighted by atomic mass is 35.5. The molecule has 0 saturated carbocycles. The van der Waals surface area contributed by atoms with Crippen LogP contribution in [0.5, 0.6) is 0 Å². The summed E-state index contributed by atoms with van der Waals surface area (Å²) in [7, 11) is 0. The van der Waals surface area contributed by atoms with E-state index in [1.54, 1.807) is 0 Å². The van der Waals surface area contributed by atoms with Crippen molar-refractivity contribution >= 4 is 11.6 Å². The van der Waals surface area contributed by atoms with E-state index in [1.807, 2.05) is 25.1 Å². The van der Waals surface area contributed by atoms with E-state index in [0.29, 0.717) is 0 Å². The monoisotopic (exact) mass is 311 g/mol. The van der Waals surface area contributed by atoms with Gasteiger partial charge in [0.1, 0.15) is 0 Å². The molecular formula is C18H30ClNO. The Hall–Kier alpha value is -0.570. The molecule has 0 amide bonds. The van der Waals surface area contributed by atoms with E-state index in [9.17, 15) is 5.11 Å². The molecule has 1 aromatic carbocycles. The zero-order chi connectivity index (χ0) is 15.7. The number of aliphatic hydroxyl groups is 1. The number of benzene rings is 1. The van der Waals surface area contributed by atoms with Gasteiger partial charge >= 0.3 is 0 Å². The summed E-state index contributed by atoms with van der Waals surface area (Å²) in [5, 5.41) is 11.1. The van der Waals surface area contributed by atoms with Crippen molar-refractivity contribution in [2.45, 2.75) is 59.0 Å². The van der Waals surface area contributed by atoms with Crippen LogP contribution in [0, 0.1) is 6.92 Å². The third kappa shape index (κ3) is 6.82. The quantitative estimate of drug-likeness (QED) is 0.659. The Morgan fingerprint density at radius 2 is 1.71 bits per heavy atom. The molecule has 0 spiro atoms. The van der Waals surface area contributed by atoms with Gasteiger partial charge in [-0.05, 0) is 56.5 Å². The third-order valence-electron chi connectivity index (χ3n) is 3.94. The molecule has 1 N–H and O–H groups in total. The molecule has 1 aromatic rings. The van der Waals surface area contributed by atoms with E-state index in [-0.39, 0.29) is 0 Å². The maximum absolute atomic E-state index is 10.4. The van der Waals surface area contributed by atoms with Crippen molar-refractivity contribution < 1.29 is 5.11 Å². The van der Waals surface area contributed by atoms with E-state index < -0.39 is 6.10 Å². The van der Waals surface area contributed by atoms with Crippen LogP contribution in [0.1, 0.15) is 63.2 Å². The summed E-state index contributed by atoms with van der Waals surface area (Å²) in [5.41, 5.74) is 2.00. The van der Waals surface area contributed by atoms with E-state index >= 15 is 0 Å². The summed E-state index contributed by atoms with van der Waals surface area (Å²) in [5.74, 6) is 0. The Balaban J connectivity index is 2.50. The molecule has 21 heavy (non-hydrogen) atoms. The van der Waals surface area contributed by atoms with Gasteiger partial charge in [0.2, 0.25) is 0 Å². The molecule has 3 heteroatoms. The summed E-state index contributed by atoms with van der Waals surface area (Å²) in [4.78, 5) is 2.49. The first-order valence-corrected chi connectivity index (χ1v) is 8.62. The topological polar surface area (TPSA) is 23.5 Å². The maximum atomic E-state index is 10.4. The Bertz CT molecular complexity index is 400. The Morgan fingerprint density at radius 1 is 1.10 bits per heavy atom. The maximum Gasteiger partial charge on any atom is 0.0802 e. The average Bonchev–Trinajstić information content (AvgIpc) is 2.49. The molecule has 0 heterocycles. The van der Waals surface area contributed by atoms with Crippen molar-refractivity contribution in [1.82, 2.24) is 4.90 Å². The first kappa shape index (κ1) is 18.5. The number of hydrogen-bond acceptors (Lipinski definition) is 2. The van der Waals surface area contributed by atoms with Crippen LogP contribution in [0.4, 0.5) is 0 Å². The summed E-state index contributed by atoms with van der Waals surface area (Å²) >= 11 is 6.04. The lowest BCUT2D eigenvalue weighted by atomic mass is 10.0. The second-order valence-electron chi connectivity index (χ2n) is 5.86. The molecule has 0 aliphatic carbocycles. The Labute approximate surface area is 135 Å². The van der Waals surface area contributed by atoms with Crippen molar-refractivity contribution in [2.24, 2.45) is 0 Å². The number of aliphatic hydroxyl groups excluding tert-OH is 1. The number of nitrogens with zero attached hydrogens (tertiary/aromatic N) is 1. The summed E-state index contributed by atoms with van der Waals surface area (Å²) in [6.45, 7) is 9.68. The van der Waals surface area contributed by atoms with Crippen LogP contribution in [0.2, 0.25) is 5.02 Å². The molecule has 1 atom stereocenters. The lowest BCUT2D eigenvalue weighted by molar-refractivity contribution is 0.140. The summed E-state index contributed by atoms with van der Waals surface area (Å²) in [6, 6.07) is 5.80. The number of halogens is 1. The lowest BCUT2D eigenvalue weighted by Gasteiger charge is -2.23. The minimum Gasteiger partial charge on any atom is -0.388 e. The van der Waals surface area contributed by atoms with Gasteiger partial charge in [0.05, 0.1) is 6.10 Å². The molecule has 0 aliphatic rings. The first-order valence-electron chi connectivity index (χ1n) is 8.25. The molecule has 2 nitrogen and oxygen atoms in total. The van der Waals surface area contributed by atoms with Crippen molar-refractivity contribution in [2.75, 3.05) is 19.6 Å².